The van der Waals surface area contributed by atoms with Crippen molar-refractivity contribution >= 4 is 21.6 Å². The average molecular weight is 308 g/mol. The van der Waals surface area contributed by atoms with Crippen LogP contribution in [-0.4, -0.2) is 45.1 Å². The van der Waals surface area contributed by atoms with Crippen molar-refractivity contribution < 1.29 is 18.3 Å². The number of aliphatic hydroxyl groups excluding tert-OH is 1. The minimum absolute atomic E-state index is 0.120. The first-order chi connectivity index (χ1) is 8.93. The fraction of sp³-hybridized carbons (Fsp3) is 0.500. The number of sulfonamides is 1. The summed E-state index contributed by atoms with van der Waals surface area (Å²) >= 11 is 5.90. The molecule has 0 heterocycles. The third-order valence-corrected chi connectivity index (χ3v) is 4.93. The van der Waals surface area contributed by atoms with Crippen molar-refractivity contribution in [2.45, 2.75) is 17.9 Å². The summed E-state index contributed by atoms with van der Waals surface area (Å²) in [5.41, 5.74) is 0.502. The van der Waals surface area contributed by atoms with Crippen LogP contribution in [0.15, 0.2) is 23.1 Å². The van der Waals surface area contributed by atoms with Crippen molar-refractivity contribution in [2.24, 2.45) is 0 Å². The van der Waals surface area contributed by atoms with E-state index in [0.717, 1.165) is 0 Å². The van der Waals surface area contributed by atoms with E-state index >= 15 is 0 Å². The van der Waals surface area contributed by atoms with E-state index in [1.807, 2.05) is 0 Å². The minimum atomic E-state index is -3.56. The molecule has 0 bridgehead atoms. The van der Waals surface area contributed by atoms with E-state index in [1.165, 1.54) is 29.6 Å². The number of halogens is 1. The number of rotatable bonds is 7. The Kier molecular flexibility index (Phi) is 6.22. The van der Waals surface area contributed by atoms with Crippen LogP contribution in [0.1, 0.15) is 12.0 Å². The highest BCUT2D eigenvalue weighted by molar-refractivity contribution is 7.89. The molecule has 0 aliphatic heterocycles. The number of nitrogens with zero attached hydrogens (tertiary/aromatic N) is 1. The monoisotopic (exact) mass is 307 g/mol. The predicted octanol–water partition coefficient (Wildman–Crippen LogP) is 1.49. The van der Waals surface area contributed by atoms with Gasteiger partial charge in [-0.3, -0.25) is 0 Å². The van der Waals surface area contributed by atoms with Gasteiger partial charge in [-0.25, -0.2) is 12.7 Å². The van der Waals surface area contributed by atoms with Gasteiger partial charge in [0.1, 0.15) is 0 Å². The van der Waals surface area contributed by atoms with Gasteiger partial charge in [-0.05, 0) is 24.1 Å². The SMILES string of the molecule is COCCCN(C)S(=O)(=O)c1ccc(CO)c(Cl)c1. The lowest BCUT2D eigenvalue weighted by atomic mass is 10.2. The molecule has 0 radical (unpaired) electrons. The van der Waals surface area contributed by atoms with Crippen LogP contribution in [0, 0.1) is 0 Å². The van der Waals surface area contributed by atoms with Crippen LogP contribution in [0.5, 0.6) is 0 Å². The molecular formula is C12H18ClNO4S. The Bertz CT molecular complexity index is 518. The van der Waals surface area contributed by atoms with Gasteiger partial charge >= 0.3 is 0 Å². The van der Waals surface area contributed by atoms with Crippen LogP contribution in [0.4, 0.5) is 0 Å². The maximum absolute atomic E-state index is 12.2. The van der Waals surface area contributed by atoms with Crippen LogP contribution in [0.25, 0.3) is 0 Å². The lowest BCUT2D eigenvalue weighted by Gasteiger charge is -2.17. The second kappa shape index (κ2) is 7.21. The molecule has 1 N–H and O–H groups in total. The quantitative estimate of drug-likeness (QED) is 0.775. The van der Waals surface area contributed by atoms with Crippen molar-refractivity contribution in [1.29, 1.82) is 0 Å². The molecule has 0 amide bonds. The summed E-state index contributed by atoms with van der Waals surface area (Å²) in [5, 5.41) is 9.25. The van der Waals surface area contributed by atoms with Gasteiger partial charge in [-0.2, -0.15) is 0 Å². The zero-order chi connectivity index (χ0) is 14.5. The molecule has 0 saturated heterocycles. The summed E-state index contributed by atoms with van der Waals surface area (Å²) in [6, 6.07) is 4.31. The number of benzene rings is 1. The zero-order valence-corrected chi connectivity index (χ0v) is 12.5. The van der Waals surface area contributed by atoms with E-state index in [1.54, 1.807) is 7.11 Å². The van der Waals surface area contributed by atoms with Crippen molar-refractivity contribution in [2.75, 3.05) is 27.3 Å². The van der Waals surface area contributed by atoms with E-state index in [-0.39, 0.29) is 16.5 Å². The number of methoxy groups -OCH3 is 1. The first kappa shape index (κ1) is 16.4. The Morgan fingerprint density at radius 2 is 2.11 bits per heavy atom. The Labute approximate surface area is 118 Å². The summed E-state index contributed by atoms with van der Waals surface area (Å²) in [7, 11) is -0.471. The Morgan fingerprint density at radius 3 is 2.63 bits per heavy atom. The molecular weight excluding hydrogens is 290 g/mol. The highest BCUT2D eigenvalue weighted by Crippen LogP contribution is 2.22. The van der Waals surface area contributed by atoms with Crippen LogP contribution < -0.4 is 0 Å². The van der Waals surface area contributed by atoms with Gasteiger partial charge in [-0.15, -0.1) is 0 Å². The molecule has 1 rings (SSSR count). The lowest BCUT2D eigenvalue weighted by Crippen LogP contribution is -2.28. The van der Waals surface area contributed by atoms with Crippen LogP contribution in [-0.2, 0) is 21.4 Å². The second-order valence-corrected chi connectivity index (χ2v) is 6.54. The molecule has 7 heteroatoms. The van der Waals surface area contributed by atoms with Gasteiger partial charge in [0.05, 0.1) is 11.5 Å². The minimum Gasteiger partial charge on any atom is -0.392 e. The first-order valence-electron chi connectivity index (χ1n) is 5.78. The molecule has 0 aromatic heterocycles. The van der Waals surface area contributed by atoms with Gasteiger partial charge < -0.3 is 9.84 Å². The lowest BCUT2D eigenvalue weighted by molar-refractivity contribution is 0.189. The molecule has 0 spiro atoms. The highest BCUT2D eigenvalue weighted by Gasteiger charge is 2.21. The number of hydrogen-bond donors (Lipinski definition) is 1. The molecule has 19 heavy (non-hydrogen) atoms. The summed E-state index contributed by atoms with van der Waals surface area (Å²) < 4.78 is 30.6. The molecule has 0 aliphatic carbocycles. The van der Waals surface area contributed by atoms with E-state index in [9.17, 15) is 8.42 Å². The number of aliphatic hydroxyl groups is 1. The Hall–Kier alpha value is -0.660. The van der Waals surface area contributed by atoms with Crippen LogP contribution in [0.3, 0.4) is 0 Å². The van der Waals surface area contributed by atoms with Gasteiger partial charge in [-0.1, -0.05) is 17.7 Å². The zero-order valence-electron chi connectivity index (χ0n) is 11.0. The van der Waals surface area contributed by atoms with E-state index in [4.69, 9.17) is 21.4 Å². The fourth-order valence-electron chi connectivity index (χ4n) is 1.55. The topological polar surface area (TPSA) is 66.8 Å². The molecule has 0 atom stereocenters. The normalized spacial score (nSPS) is 12.1. The standard InChI is InChI=1S/C12H18ClNO4S/c1-14(6-3-7-18-2)19(16,17)11-5-4-10(9-15)12(13)8-11/h4-5,8,15H,3,6-7,9H2,1-2H3. The molecule has 0 saturated carbocycles. The third-order valence-electron chi connectivity index (χ3n) is 2.72. The molecule has 108 valence electrons. The number of hydrogen-bond acceptors (Lipinski definition) is 4. The Balaban J connectivity index is 2.90. The predicted molar refractivity (Wildman–Crippen MR) is 73.7 cm³/mol. The molecule has 0 fully saturated rings. The van der Waals surface area contributed by atoms with E-state index in [0.29, 0.717) is 25.1 Å². The summed E-state index contributed by atoms with van der Waals surface area (Å²) in [4.78, 5) is 0.120. The van der Waals surface area contributed by atoms with E-state index < -0.39 is 10.0 Å². The largest absolute Gasteiger partial charge is 0.392 e. The molecule has 1 aromatic carbocycles. The molecule has 1 aromatic rings. The molecule has 0 unspecified atom stereocenters. The summed E-state index contributed by atoms with van der Waals surface area (Å²) in [6.45, 7) is 0.655. The van der Waals surface area contributed by atoms with Crippen molar-refractivity contribution in [3.8, 4) is 0 Å². The van der Waals surface area contributed by atoms with E-state index in [2.05, 4.69) is 0 Å². The maximum Gasteiger partial charge on any atom is 0.242 e. The van der Waals surface area contributed by atoms with Crippen molar-refractivity contribution in [1.82, 2.24) is 4.31 Å². The van der Waals surface area contributed by atoms with Gasteiger partial charge in [0, 0.05) is 32.3 Å². The smallest absolute Gasteiger partial charge is 0.242 e. The first-order valence-corrected chi connectivity index (χ1v) is 7.60. The third kappa shape index (κ3) is 4.15. The van der Waals surface area contributed by atoms with Gasteiger partial charge in [0.2, 0.25) is 10.0 Å². The molecule has 0 aliphatic rings. The highest BCUT2D eigenvalue weighted by atomic mass is 35.5. The number of ether oxygens (including phenoxy) is 1. The average Bonchev–Trinajstić information content (AvgIpc) is 2.38. The van der Waals surface area contributed by atoms with Crippen molar-refractivity contribution in [3.05, 3.63) is 28.8 Å². The van der Waals surface area contributed by atoms with Gasteiger partial charge in [0.25, 0.3) is 0 Å². The van der Waals surface area contributed by atoms with Gasteiger partial charge in [0.15, 0.2) is 0 Å². The second-order valence-electron chi connectivity index (χ2n) is 4.08. The molecule has 5 nitrogen and oxygen atoms in total. The maximum atomic E-state index is 12.2. The van der Waals surface area contributed by atoms with Crippen LogP contribution >= 0.6 is 11.6 Å². The Morgan fingerprint density at radius 1 is 1.42 bits per heavy atom. The fourth-order valence-corrected chi connectivity index (χ4v) is 3.09. The van der Waals surface area contributed by atoms with Crippen LogP contribution in [0.2, 0.25) is 5.02 Å². The summed E-state index contributed by atoms with van der Waals surface area (Å²) in [5.74, 6) is 0. The van der Waals surface area contributed by atoms with Crippen molar-refractivity contribution in [3.63, 3.8) is 0 Å². The summed E-state index contributed by atoms with van der Waals surface area (Å²) in [6.07, 6.45) is 0.620.